The summed E-state index contributed by atoms with van der Waals surface area (Å²) < 4.78 is 0. The van der Waals surface area contributed by atoms with Crippen LogP contribution in [0.4, 0.5) is 0 Å². The number of nitrogens with zero attached hydrogens (tertiary/aromatic N) is 1. The second-order valence-corrected chi connectivity index (χ2v) is 5.44. The molecule has 4 heteroatoms. The van der Waals surface area contributed by atoms with E-state index in [2.05, 4.69) is 11.9 Å². The highest BCUT2D eigenvalue weighted by molar-refractivity contribution is 5.85. The van der Waals surface area contributed by atoms with Crippen LogP contribution in [-0.2, 0) is 0 Å². The molecule has 0 aromatic heterocycles. The zero-order chi connectivity index (χ0) is 10.8. The van der Waals surface area contributed by atoms with Gasteiger partial charge in [0.15, 0.2) is 0 Å². The van der Waals surface area contributed by atoms with Gasteiger partial charge in [-0.1, -0.05) is 6.42 Å². The summed E-state index contributed by atoms with van der Waals surface area (Å²) in [5, 5.41) is 9.68. The van der Waals surface area contributed by atoms with Crippen LogP contribution < -0.4 is 5.73 Å². The molecule has 2 unspecified atom stereocenters. The van der Waals surface area contributed by atoms with Gasteiger partial charge in [-0.25, -0.2) is 0 Å². The Hall–Kier alpha value is 0.170. The number of halogens is 1. The molecular weight excluding hydrogens is 212 g/mol. The van der Waals surface area contributed by atoms with Crippen LogP contribution in [-0.4, -0.2) is 41.8 Å². The quantitative estimate of drug-likeness (QED) is 0.772. The fourth-order valence-electron chi connectivity index (χ4n) is 2.39. The van der Waals surface area contributed by atoms with Gasteiger partial charge < -0.3 is 15.7 Å². The van der Waals surface area contributed by atoms with Crippen molar-refractivity contribution < 1.29 is 5.11 Å². The molecule has 0 aliphatic heterocycles. The third kappa shape index (κ3) is 5.71. The lowest BCUT2D eigenvalue weighted by Gasteiger charge is -2.29. The molecule has 1 fully saturated rings. The first kappa shape index (κ1) is 15.2. The van der Waals surface area contributed by atoms with Gasteiger partial charge in [0.25, 0.3) is 0 Å². The lowest BCUT2D eigenvalue weighted by atomic mass is 10.0. The van der Waals surface area contributed by atoms with E-state index >= 15 is 0 Å². The van der Waals surface area contributed by atoms with E-state index in [4.69, 9.17) is 5.73 Å². The van der Waals surface area contributed by atoms with Crippen molar-refractivity contribution in [1.29, 1.82) is 0 Å². The van der Waals surface area contributed by atoms with Crippen LogP contribution in [0.1, 0.15) is 33.1 Å². The van der Waals surface area contributed by atoms with Gasteiger partial charge in [-0.05, 0) is 39.7 Å². The molecule has 0 amide bonds. The minimum atomic E-state index is -0.141. The fourth-order valence-corrected chi connectivity index (χ4v) is 2.39. The molecule has 1 saturated carbocycles. The van der Waals surface area contributed by atoms with Crippen molar-refractivity contribution in [2.45, 2.75) is 44.8 Å². The topological polar surface area (TPSA) is 49.5 Å². The number of aliphatic hydroxyl groups excluding tert-OH is 1. The van der Waals surface area contributed by atoms with Gasteiger partial charge in [-0.2, -0.15) is 0 Å². The summed E-state index contributed by atoms with van der Waals surface area (Å²) in [4.78, 5) is 2.24. The Morgan fingerprint density at radius 1 is 1.40 bits per heavy atom. The summed E-state index contributed by atoms with van der Waals surface area (Å²) in [6.07, 6.45) is 3.23. The Kier molecular flexibility index (Phi) is 6.11. The van der Waals surface area contributed by atoms with Gasteiger partial charge in [-0.15, -0.1) is 12.4 Å². The maximum Gasteiger partial charge on any atom is 0.0580 e. The summed E-state index contributed by atoms with van der Waals surface area (Å²) in [5.41, 5.74) is 5.80. The molecule has 15 heavy (non-hydrogen) atoms. The molecule has 0 aromatic rings. The van der Waals surface area contributed by atoms with Crippen LogP contribution >= 0.6 is 12.4 Å². The molecule has 3 N–H and O–H groups in total. The van der Waals surface area contributed by atoms with Crippen LogP contribution in [0, 0.1) is 5.92 Å². The predicted octanol–water partition coefficient (Wildman–Crippen LogP) is 1.24. The summed E-state index contributed by atoms with van der Waals surface area (Å²) in [6, 6.07) is 0. The third-order valence-electron chi connectivity index (χ3n) is 2.84. The maximum atomic E-state index is 9.68. The number of hydrogen-bond acceptors (Lipinski definition) is 3. The normalized spacial score (nSPS) is 26.8. The van der Waals surface area contributed by atoms with Crippen molar-refractivity contribution in [2.24, 2.45) is 11.7 Å². The van der Waals surface area contributed by atoms with E-state index in [0.717, 1.165) is 25.9 Å². The Morgan fingerprint density at radius 2 is 2.00 bits per heavy atom. The Morgan fingerprint density at radius 3 is 2.40 bits per heavy atom. The molecule has 0 saturated heterocycles. The third-order valence-corrected chi connectivity index (χ3v) is 2.84. The Bertz CT molecular complexity index is 182. The molecule has 1 aliphatic rings. The summed E-state index contributed by atoms with van der Waals surface area (Å²) in [5.74, 6) is 0.461. The van der Waals surface area contributed by atoms with E-state index in [-0.39, 0.29) is 24.0 Å². The summed E-state index contributed by atoms with van der Waals surface area (Å²) >= 11 is 0. The predicted molar refractivity (Wildman–Crippen MR) is 66.4 cm³/mol. The highest BCUT2D eigenvalue weighted by Crippen LogP contribution is 2.26. The van der Waals surface area contributed by atoms with Crippen molar-refractivity contribution in [3.63, 3.8) is 0 Å². The van der Waals surface area contributed by atoms with Crippen molar-refractivity contribution in [2.75, 3.05) is 20.1 Å². The molecular formula is C11H25ClN2O. The van der Waals surface area contributed by atoms with Crippen LogP contribution in [0.2, 0.25) is 0 Å². The fraction of sp³-hybridized carbons (Fsp3) is 1.00. The Labute approximate surface area is 99.4 Å². The standard InChI is InChI=1S/C11H24N2O.ClH/c1-11(2,12)8-13(3)7-9-5-4-6-10(9)14;/h9-10,14H,4-8,12H2,1-3H3;1H. The lowest BCUT2D eigenvalue weighted by Crippen LogP contribution is -2.45. The minimum Gasteiger partial charge on any atom is -0.393 e. The van der Waals surface area contributed by atoms with Gasteiger partial charge in [-0.3, -0.25) is 0 Å². The monoisotopic (exact) mass is 236 g/mol. The van der Waals surface area contributed by atoms with E-state index in [1.165, 1.54) is 6.42 Å². The van der Waals surface area contributed by atoms with Crippen molar-refractivity contribution in [3.8, 4) is 0 Å². The molecule has 3 nitrogen and oxygen atoms in total. The molecule has 92 valence electrons. The lowest BCUT2D eigenvalue weighted by molar-refractivity contribution is 0.104. The molecule has 1 aliphatic carbocycles. The average Bonchev–Trinajstić information content (AvgIpc) is 2.32. The molecule has 0 aromatic carbocycles. The first-order valence-corrected chi connectivity index (χ1v) is 5.54. The second-order valence-electron chi connectivity index (χ2n) is 5.44. The number of likely N-dealkylation sites (N-methyl/N-ethyl adjacent to an activating group) is 1. The number of hydrogen-bond donors (Lipinski definition) is 2. The van der Waals surface area contributed by atoms with Gasteiger partial charge in [0.05, 0.1) is 6.10 Å². The molecule has 0 radical (unpaired) electrons. The van der Waals surface area contributed by atoms with Gasteiger partial charge in [0.2, 0.25) is 0 Å². The van der Waals surface area contributed by atoms with Crippen LogP contribution in [0.25, 0.3) is 0 Å². The molecule has 2 atom stereocenters. The molecule has 0 bridgehead atoms. The van der Waals surface area contributed by atoms with Crippen LogP contribution in [0.15, 0.2) is 0 Å². The summed E-state index contributed by atoms with van der Waals surface area (Å²) in [6.45, 7) is 5.93. The second kappa shape index (κ2) is 6.04. The highest BCUT2D eigenvalue weighted by Gasteiger charge is 2.27. The molecule has 0 heterocycles. The zero-order valence-electron chi connectivity index (χ0n) is 10.1. The number of rotatable bonds is 4. The van der Waals surface area contributed by atoms with E-state index in [1.54, 1.807) is 0 Å². The van der Waals surface area contributed by atoms with Crippen LogP contribution in [0.3, 0.4) is 0 Å². The highest BCUT2D eigenvalue weighted by atomic mass is 35.5. The van der Waals surface area contributed by atoms with E-state index in [1.807, 2.05) is 13.8 Å². The SMILES string of the molecule is CN(CC1CCCC1O)CC(C)(C)N.Cl. The smallest absolute Gasteiger partial charge is 0.0580 e. The zero-order valence-corrected chi connectivity index (χ0v) is 10.9. The van der Waals surface area contributed by atoms with E-state index < -0.39 is 0 Å². The van der Waals surface area contributed by atoms with Gasteiger partial charge >= 0.3 is 0 Å². The van der Waals surface area contributed by atoms with Crippen molar-refractivity contribution in [3.05, 3.63) is 0 Å². The average molecular weight is 237 g/mol. The van der Waals surface area contributed by atoms with E-state index in [0.29, 0.717) is 5.92 Å². The van der Waals surface area contributed by atoms with E-state index in [9.17, 15) is 5.11 Å². The number of aliphatic hydroxyl groups is 1. The van der Waals surface area contributed by atoms with Gasteiger partial charge in [0.1, 0.15) is 0 Å². The maximum absolute atomic E-state index is 9.68. The van der Waals surface area contributed by atoms with Crippen molar-refractivity contribution in [1.82, 2.24) is 4.90 Å². The van der Waals surface area contributed by atoms with Crippen LogP contribution in [0.5, 0.6) is 0 Å². The minimum absolute atomic E-state index is 0. The molecule has 1 rings (SSSR count). The molecule has 0 spiro atoms. The van der Waals surface area contributed by atoms with Gasteiger partial charge in [0, 0.05) is 18.6 Å². The first-order valence-electron chi connectivity index (χ1n) is 5.54. The summed E-state index contributed by atoms with van der Waals surface area (Å²) in [7, 11) is 2.08. The van der Waals surface area contributed by atoms with Crippen molar-refractivity contribution >= 4 is 12.4 Å². The largest absolute Gasteiger partial charge is 0.393 e. The Balaban J connectivity index is 0.00000196. The number of nitrogens with two attached hydrogens (primary N) is 1. The first-order chi connectivity index (χ1) is 6.38.